The highest BCUT2D eigenvalue weighted by Crippen LogP contribution is 2.30. The molecule has 2 unspecified atom stereocenters. The van der Waals surface area contributed by atoms with Gasteiger partial charge in [0.2, 0.25) is 0 Å². The lowest BCUT2D eigenvalue weighted by molar-refractivity contribution is 0.105. The van der Waals surface area contributed by atoms with Gasteiger partial charge in [0.1, 0.15) is 4.99 Å². The predicted molar refractivity (Wildman–Crippen MR) is 79.1 cm³/mol. The molecular weight excluding hydrogens is 244 g/mol. The van der Waals surface area contributed by atoms with E-state index in [-0.39, 0.29) is 11.6 Å². The monoisotopic (exact) mass is 264 g/mol. The molecule has 0 radical (unpaired) electrons. The third-order valence-electron chi connectivity index (χ3n) is 3.81. The Morgan fingerprint density at radius 3 is 2.78 bits per heavy atom. The van der Waals surface area contributed by atoms with E-state index in [1.807, 2.05) is 19.1 Å². The molecular formula is C14H20N2OS. The average Bonchev–Trinajstić information content (AvgIpc) is 2.58. The number of ether oxygens (including phenoxy) is 1. The van der Waals surface area contributed by atoms with Gasteiger partial charge in [0.05, 0.1) is 11.6 Å². The second kappa shape index (κ2) is 4.86. The lowest BCUT2D eigenvalue weighted by atomic mass is 9.94. The first kappa shape index (κ1) is 13.3. The van der Waals surface area contributed by atoms with E-state index in [0.29, 0.717) is 4.99 Å². The van der Waals surface area contributed by atoms with E-state index in [1.54, 1.807) is 0 Å². The SMILES string of the molecule is Cc1cc(NC2(C)CCOC2C)ccc1C(N)=S. The second-order valence-electron chi connectivity index (χ2n) is 5.20. The molecule has 1 aliphatic heterocycles. The van der Waals surface area contributed by atoms with Crippen LogP contribution in [0.5, 0.6) is 0 Å². The van der Waals surface area contributed by atoms with Gasteiger partial charge in [-0.3, -0.25) is 0 Å². The summed E-state index contributed by atoms with van der Waals surface area (Å²) in [5.74, 6) is 0. The highest BCUT2D eigenvalue weighted by atomic mass is 32.1. The molecule has 3 N–H and O–H groups in total. The van der Waals surface area contributed by atoms with Crippen LogP contribution in [0.4, 0.5) is 5.69 Å². The van der Waals surface area contributed by atoms with Gasteiger partial charge in [-0.25, -0.2) is 0 Å². The number of anilines is 1. The van der Waals surface area contributed by atoms with Crippen molar-refractivity contribution in [2.24, 2.45) is 5.73 Å². The van der Waals surface area contributed by atoms with Crippen molar-refractivity contribution in [3.8, 4) is 0 Å². The molecule has 0 saturated carbocycles. The minimum atomic E-state index is -0.00280. The fraction of sp³-hybridized carbons (Fsp3) is 0.500. The molecule has 18 heavy (non-hydrogen) atoms. The molecule has 98 valence electrons. The van der Waals surface area contributed by atoms with Crippen LogP contribution in [0, 0.1) is 6.92 Å². The topological polar surface area (TPSA) is 47.3 Å². The van der Waals surface area contributed by atoms with Crippen LogP contribution in [0.15, 0.2) is 18.2 Å². The lowest BCUT2D eigenvalue weighted by Crippen LogP contribution is -2.41. The Morgan fingerprint density at radius 2 is 2.28 bits per heavy atom. The standard InChI is InChI=1S/C14H20N2OS/c1-9-8-11(4-5-12(9)13(15)18)16-14(3)6-7-17-10(14)2/h4-5,8,10,16H,6-7H2,1-3H3,(H2,15,18). The maximum absolute atomic E-state index is 5.67. The van der Waals surface area contributed by atoms with Crippen LogP contribution in [0.25, 0.3) is 0 Å². The highest BCUT2D eigenvalue weighted by Gasteiger charge is 2.36. The molecule has 2 rings (SSSR count). The van der Waals surface area contributed by atoms with Crippen LogP contribution >= 0.6 is 12.2 Å². The van der Waals surface area contributed by atoms with Crippen LogP contribution in [0.1, 0.15) is 31.4 Å². The highest BCUT2D eigenvalue weighted by molar-refractivity contribution is 7.80. The lowest BCUT2D eigenvalue weighted by Gasteiger charge is -2.30. The molecule has 1 saturated heterocycles. The molecule has 0 spiro atoms. The Kier molecular flexibility index (Phi) is 3.59. The van der Waals surface area contributed by atoms with Crippen molar-refractivity contribution >= 4 is 22.9 Å². The van der Waals surface area contributed by atoms with Gasteiger partial charge in [0.25, 0.3) is 0 Å². The maximum atomic E-state index is 5.67. The van der Waals surface area contributed by atoms with Gasteiger partial charge in [-0.1, -0.05) is 12.2 Å². The molecule has 1 aromatic rings. The van der Waals surface area contributed by atoms with Crippen LogP contribution in [0.3, 0.4) is 0 Å². The molecule has 1 fully saturated rings. The van der Waals surface area contributed by atoms with Gasteiger partial charge in [-0.2, -0.15) is 0 Å². The maximum Gasteiger partial charge on any atom is 0.104 e. The molecule has 0 aliphatic carbocycles. The number of rotatable bonds is 3. The van der Waals surface area contributed by atoms with E-state index in [9.17, 15) is 0 Å². The molecule has 4 heteroatoms. The average molecular weight is 264 g/mol. The molecule has 1 aromatic carbocycles. The fourth-order valence-electron chi connectivity index (χ4n) is 2.35. The van der Waals surface area contributed by atoms with Gasteiger partial charge in [0, 0.05) is 17.9 Å². The fourth-order valence-corrected chi connectivity index (χ4v) is 2.58. The molecule has 0 amide bonds. The summed E-state index contributed by atoms with van der Waals surface area (Å²) in [7, 11) is 0. The summed E-state index contributed by atoms with van der Waals surface area (Å²) in [6.07, 6.45) is 1.23. The minimum absolute atomic E-state index is 0.00280. The Morgan fingerprint density at radius 1 is 1.56 bits per heavy atom. The van der Waals surface area contributed by atoms with E-state index in [2.05, 4.69) is 25.2 Å². The summed E-state index contributed by atoms with van der Waals surface area (Å²) in [6, 6.07) is 6.09. The summed E-state index contributed by atoms with van der Waals surface area (Å²) in [6.45, 7) is 7.14. The van der Waals surface area contributed by atoms with Crippen molar-refractivity contribution in [3.05, 3.63) is 29.3 Å². The first-order valence-electron chi connectivity index (χ1n) is 6.22. The van der Waals surface area contributed by atoms with Crippen molar-refractivity contribution in [3.63, 3.8) is 0 Å². The van der Waals surface area contributed by atoms with Gasteiger partial charge in [-0.05, 0) is 51.0 Å². The zero-order chi connectivity index (χ0) is 13.3. The molecule has 1 heterocycles. The first-order valence-corrected chi connectivity index (χ1v) is 6.63. The zero-order valence-corrected chi connectivity index (χ0v) is 11.9. The number of hydrogen-bond donors (Lipinski definition) is 2. The van der Waals surface area contributed by atoms with Crippen molar-refractivity contribution in [2.75, 3.05) is 11.9 Å². The summed E-state index contributed by atoms with van der Waals surface area (Å²) in [5, 5.41) is 3.56. The Hall–Kier alpha value is -1.13. The quantitative estimate of drug-likeness (QED) is 0.824. The number of benzene rings is 1. The van der Waals surface area contributed by atoms with E-state index in [1.165, 1.54) is 0 Å². The van der Waals surface area contributed by atoms with Crippen LogP contribution < -0.4 is 11.1 Å². The van der Waals surface area contributed by atoms with Crippen molar-refractivity contribution < 1.29 is 4.74 Å². The molecule has 1 aliphatic rings. The molecule has 0 aromatic heterocycles. The summed E-state index contributed by atoms with van der Waals surface area (Å²) in [4.78, 5) is 0.447. The summed E-state index contributed by atoms with van der Waals surface area (Å²) >= 11 is 5.01. The van der Waals surface area contributed by atoms with Crippen LogP contribution in [-0.2, 0) is 4.74 Å². The van der Waals surface area contributed by atoms with E-state index < -0.39 is 0 Å². The Bertz CT molecular complexity index is 475. The molecule has 2 atom stereocenters. The summed E-state index contributed by atoms with van der Waals surface area (Å²) in [5.41, 5.74) is 8.80. The number of nitrogens with two attached hydrogens (primary N) is 1. The molecule has 0 bridgehead atoms. The number of thiocarbonyl (C=S) groups is 1. The van der Waals surface area contributed by atoms with Crippen molar-refractivity contribution in [2.45, 2.75) is 38.8 Å². The molecule has 3 nitrogen and oxygen atoms in total. The smallest absolute Gasteiger partial charge is 0.104 e. The Labute approximate surface area is 114 Å². The number of nitrogens with one attached hydrogen (secondary N) is 1. The first-order chi connectivity index (χ1) is 8.42. The van der Waals surface area contributed by atoms with Crippen LogP contribution in [0.2, 0.25) is 0 Å². The zero-order valence-electron chi connectivity index (χ0n) is 11.1. The third-order valence-corrected chi connectivity index (χ3v) is 4.03. The second-order valence-corrected chi connectivity index (χ2v) is 5.64. The third kappa shape index (κ3) is 2.49. The largest absolute Gasteiger partial charge is 0.389 e. The van der Waals surface area contributed by atoms with Crippen molar-refractivity contribution in [1.82, 2.24) is 0 Å². The van der Waals surface area contributed by atoms with Gasteiger partial charge < -0.3 is 15.8 Å². The van der Waals surface area contributed by atoms with Gasteiger partial charge in [0.15, 0.2) is 0 Å². The van der Waals surface area contributed by atoms with E-state index >= 15 is 0 Å². The summed E-state index contributed by atoms with van der Waals surface area (Å²) < 4.78 is 5.63. The minimum Gasteiger partial charge on any atom is -0.389 e. The van der Waals surface area contributed by atoms with Crippen LogP contribution in [-0.4, -0.2) is 23.2 Å². The van der Waals surface area contributed by atoms with Gasteiger partial charge >= 0.3 is 0 Å². The van der Waals surface area contributed by atoms with Gasteiger partial charge in [-0.15, -0.1) is 0 Å². The number of hydrogen-bond acceptors (Lipinski definition) is 3. The van der Waals surface area contributed by atoms with E-state index in [0.717, 1.165) is 29.8 Å². The Balaban J connectivity index is 2.20. The van der Waals surface area contributed by atoms with Crippen molar-refractivity contribution in [1.29, 1.82) is 0 Å². The number of aryl methyl sites for hydroxylation is 1. The van der Waals surface area contributed by atoms with E-state index in [4.69, 9.17) is 22.7 Å². The normalized spacial score (nSPS) is 27.2. The predicted octanol–water partition coefficient (Wildman–Crippen LogP) is 2.61.